The van der Waals surface area contributed by atoms with Gasteiger partial charge in [0.2, 0.25) is 0 Å². The minimum atomic E-state index is -0.206. The van der Waals surface area contributed by atoms with Gasteiger partial charge in [0.25, 0.3) is 5.91 Å². The van der Waals surface area contributed by atoms with E-state index in [1.807, 2.05) is 18.2 Å². The third-order valence-electron chi connectivity index (χ3n) is 4.81. The molecule has 0 unspecified atom stereocenters. The van der Waals surface area contributed by atoms with Crippen molar-refractivity contribution < 1.29 is 9.59 Å². The molecule has 1 amide bonds. The highest BCUT2D eigenvalue weighted by Gasteiger charge is 2.21. The van der Waals surface area contributed by atoms with Gasteiger partial charge in [0.15, 0.2) is 5.78 Å². The maximum atomic E-state index is 12.6. The van der Waals surface area contributed by atoms with Crippen molar-refractivity contribution in [3.63, 3.8) is 0 Å². The first-order chi connectivity index (χ1) is 12.6. The molecule has 0 saturated heterocycles. The molecule has 0 fully saturated rings. The summed E-state index contributed by atoms with van der Waals surface area (Å²) in [4.78, 5) is 31.0. The molecule has 5 heteroatoms. The summed E-state index contributed by atoms with van der Waals surface area (Å²) >= 11 is 1.37. The molecule has 0 spiro atoms. The molecule has 0 radical (unpaired) electrons. The summed E-state index contributed by atoms with van der Waals surface area (Å²) in [5.41, 5.74) is 3.57. The number of hydrogen-bond donors (Lipinski definition) is 1. The summed E-state index contributed by atoms with van der Waals surface area (Å²) in [5.74, 6) is -0.255. The summed E-state index contributed by atoms with van der Waals surface area (Å²) in [6, 6.07) is 11.2. The van der Waals surface area contributed by atoms with Crippen molar-refractivity contribution in [2.75, 3.05) is 5.32 Å². The Hall–Kier alpha value is -2.53. The highest BCUT2D eigenvalue weighted by molar-refractivity contribution is 7.21. The van der Waals surface area contributed by atoms with Gasteiger partial charge in [-0.05, 0) is 49.4 Å². The first-order valence-corrected chi connectivity index (χ1v) is 9.78. The van der Waals surface area contributed by atoms with Crippen LogP contribution in [0.2, 0.25) is 0 Å². The molecule has 0 atom stereocenters. The molecule has 1 N–H and O–H groups in total. The number of fused-ring (bicyclic) bond motifs is 2. The number of carbonyl (C=O) groups is 2. The van der Waals surface area contributed by atoms with E-state index < -0.39 is 0 Å². The van der Waals surface area contributed by atoms with Crippen molar-refractivity contribution >= 4 is 38.9 Å². The number of rotatable bonds is 3. The van der Waals surface area contributed by atoms with E-state index in [9.17, 15) is 9.59 Å². The first-order valence-electron chi connectivity index (χ1n) is 8.96. The molecule has 0 saturated carbocycles. The van der Waals surface area contributed by atoms with Gasteiger partial charge in [-0.1, -0.05) is 24.6 Å². The zero-order chi connectivity index (χ0) is 18.1. The molecule has 4 rings (SSSR count). The number of thiophene rings is 1. The average Bonchev–Trinajstić information content (AvgIpc) is 2.83. The minimum Gasteiger partial charge on any atom is -0.320 e. The van der Waals surface area contributed by atoms with Gasteiger partial charge in [-0.25, -0.2) is 4.98 Å². The SMILES string of the molecule is CC(=O)c1sc2nc3c(cc2c1NC(=O)c1ccccc1)CCCCC3. The van der Waals surface area contributed by atoms with Gasteiger partial charge in [-0.15, -0.1) is 11.3 Å². The van der Waals surface area contributed by atoms with Crippen molar-refractivity contribution in [3.05, 3.63) is 58.1 Å². The molecular formula is C21H20N2O2S. The monoisotopic (exact) mass is 364 g/mol. The van der Waals surface area contributed by atoms with Gasteiger partial charge in [-0.2, -0.15) is 0 Å². The summed E-state index contributed by atoms with van der Waals surface area (Å²) in [6.45, 7) is 1.54. The van der Waals surface area contributed by atoms with Gasteiger partial charge in [0, 0.05) is 23.6 Å². The van der Waals surface area contributed by atoms with Crippen molar-refractivity contribution in [1.29, 1.82) is 0 Å². The number of pyridine rings is 1. The molecule has 1 aromatic carbocycles. The number of benzene rings is 1. The summed E-state index contributed by atoms with van der Waals surface area (Å²) < 4.78 is 0. The molecule has 0 bridgehead atoms. The lowest BCUT2D eigenvalue weighted by Gasteiger charge is -2.08. The van der Waals surface area contributed by atoms with Crippen LogP contribution in [-0.4, -0.2) is 16.7 Å². The van der Waals surface area contributed by atoms with E-state index in [0.29, 0.717) is 16.1 Å². The maximum Gasteiger partial charge on any atom is 0.255 e. The number of anilines is 1. The second-order valence-electron chi connectivity index (χ2n) is 6.69. The van der Waals surface area contributed by atoms with Crippen molar-refractivity contribution in [2.45, 2.75) is 39.0 Å². The Morgan fingerprint density at radius 3 is 2.62 bits per heavy atom. The molecule has 0 aliphatic heterocycles. The molecule has 2 heterocycles. The van der Waals surface area contributed by atoms with Crippen LogP contribution >= 0.6 is 11.3 Å². The largest absolute Gasteiger partial charge is 0.320 e. The highest BCUT2D eigenvalue weighted by Crippen LogP contribution is 2.37. The number of hydrogen-bond acceptors (Lipinski definition) is 4. The number of nitrogens with zero attached hydrogens (tertiary/aromatic N) is 1. The minimum absolute atomic E-state index is 0.0495. The van der Waals surface area contributed by atoms with Crippen LogP contribution < -0.4 is 5.32 Å². The second kappa shape index (κ2) is 7.00. The van der Waals surface area contributed by atoms with Crippen LogP contribution in [0.3, 0.4) is 0 Å². The van der Waals surface area contributed by atoms with Crippen LogP contribution in [0.25, 0.3) is 10.2 Å². The normalized spacial score (nSPS) is 13.9. The lowest BCUT2D eigenvalue weighted by Crippen LogP contribution is -2.13. The van der Waals surface area contributed by atoms with Gasteiger partial charge in [-0.3, -0.25) is 9.59 Å². The standard InChI is InChI=1S/C21H20N2O2S/c1-13(24)19-18(23-20(25)14-8-4-2-5-9-14)16-12-15-10-6-3-7-11-17(15)22-21(16)26-19/h2,4-5,8-9,12H,3,6-7,10-11H2,1H3,(H,23,25). The fraction of sp³-hybridized carbons (Fsp3) is 0.286. The van der Waals surface area contributed by atoms with Gasteiger partial charge in [0.05, 0.1) is 10.6 Å². The third kappa shape index (κ3) is 3.15. The Kier molecular flexibility index (Phi) is 4.55. The quantitative estimate of drug-likeness (QED) is 0.524. The highest BCUT2D eigenvalue weighted by atomic mass is 32.1. The molecule has 3 aromatic rings. The number of Topliss-reactive ketones (excluding diaryl/α,β-unsaturated/α-hetero) is 1. The Balaban J connectivity index is 1.81. The van der Waals surface area contributed by atoms with Crippen LogP contribution in [0.4, 0.5) is 5.69 Å². The van der Waals surface area contributed by atoms with Crippen LogP contribution in [-0.2, 0) is 12.8 Å². The second-order valence-corrected chi connectivity index (χ2v) is 7.69. The van der Waals surface area contributed by atoms with Crippen molar-refractivity contribution in [3.8, 4) is 0 Å². The predicted molar refractivity (Wildman–Crippen MR) is 105 cm³/mol. The van der Waals surface area contributed by atoms with Gasteiger partial charge < -0.3 is 5.32 Å². The third-order valence-corrected chi connectivity index (χ3v) is 6.01. The lowest BCUT2D eigenvalue weighted by atomic mass is 10.1. The number of aromatic nitrogens is 1. The Bertz CT molecular complexity index is 992. The first kappa shape index (κ1) is 16.9. The van der Waals surface area contributed by atoms with Crippen LogP contribution in [0, 0.1) is 0 Å². The van der Waals surface area contributed by atoms with E-state index in [1.165, 1.54) is 30.2 Å². The fourth-order valence-electron chi connectivity index (χ4n) is 3.47. The Labute approximate surface area is 156 Å². The van der Waals surface area contributed by atoms with Gasteiger partial charge in [0.1, 0.15) is 4.83 Å². The number of aryl methyl sites for hydroxylation is 2. The molecular weight excluding hydrogens is 344 g/mol. The summed E-state index contributed by atoms with van der Waals surface area (Å²) in [7, 11) is 0. The zero-order valence-corrected chi connectivity index (χ0v) is 15.5. The smallest absolute Gasteiger partial charge is 0.255 e. The molecule has 26 heavy (non-hydrogen) atoms. The Morgan fingerprint density at radius 1 is 1.08 bits per heavy atom. The number of nitrogens with one attached hydrogen (secondary N) is 1. The van der Waals surface area contributed by atoms with Gasteiger partial charge >= 0.3 is 0 Å². The number of carbonyl (C=O) groups excluding carboxylic acids is 2. The molecule has 1 aliphatic carbocycles. The Morgan fingerprint density at radius 2 is 1.85 bits per heavy atom. The van der Waals surface area contributed by atoms with Crippen molar-refractivity contribution in [2.24, 2.45) is 0 Å². The average molecular weight is 364 g/mol. The van der Waals surface area contributed by atoms with E-state index in [-0.39, 0.29) is 11.7 Å². The van der Waals surface area contributed by atoms with E-state index in [2.05, 4.69) is 11.4 Å². The summed E-state index contributed by atoms with van der Waals surface area (Å²) in [6.07, 6.45) is 5.55. The molecule has 2 aromatic heterocycles. The van der Waals surface area contributed by atoms with E-state index in [0.717, 1.165) is 41.6 Å². The van der Waals surface area contributed by atoms with E-state index in [1.54, 1.807) is 12.1 Å². The molecule has 4 nitrogen and oxygen atoms in total. The molecule has 132 valence electrons. The fourth-order valence-corrected chi connectivity index (χ4v) is 4.49. The maximum absolute atomic E-state index is 12.6. The van der Waals surface area contributed by atoms with E-state index >= 15 is 0 Å². The van der Waals surface area contributed by atoms with Crippen LogP contribution in [0.5, 0.6) is 0 Å². The van der Waals surface area contributed by atoms with Crippen molar-refractivity contribution in [1.82, 2.24) is 4.98 Å². The van der Waals surface area contributed by atoms with Crippen LogP contribution in [0.1, 0.15) is 57.5 Å². The molecule has 1 aliphatic rings. The zero-order valence-electron chi connectivity index (χ0n) is 14.7. The summed E-state index contributed by atoms with van der Waals surface area (Å²) in [5, 5.41) is 3.84. The topological polar surface area (TPSA) is 59.1 Å². The number of ketones is 1. The van der Waals surface area contributed by atoms with Crippen LogP contribution in [0.15, 0.2) is 36.4 Å². The van der Waals surface area contributed by atoms with E-state index in [4.69, 9.17) is 4.98 Å². The predicted octanol–water partition coefficient (Wildman–Crippen LogP) is 5.02. The lowest BCUT2D eigenvalue weighted by molar-refractivity contribution is 0.102. The number of amides is 1.